The van der Waals surface area contributed by atoms with Crippen molar-refractivity contribution in [3.05, 3.63) is 70.7 Å². The predicted molar refractivity (Wildman–Crippen MR) is 97.9 cm³/mol. The van der Waals surface area contributed by atoms with E-state index in [0.29, 0.717) is 10.6 Å². The van der Waals surface area contributed by atoms with Crippen molar-refractivity contribution in [2.45, 2.75) is 12.5 Å². The fraction of sp³-hybridized carbons (Fsp3) is 0.211. The number of hydrogen-bond donors (Lipinski definition) is 2. The second-order valence-corrected chi connectivity index (χ2v) is 5.96. The molecule has 0 saturated carbocycles. The van der Waals surface area contributed by atoms with E-state index in [1.807, 2.05) is 0 Å². The summed E-state index contributed by atoms with van der Waals surface area (Å²) in [5.41, 5.74) is 1.27. The summed E-state index contributed by atoms with van der Waals surface area (Å²) in [5, 5.41) is 5.67. The van der Waals surface area contributed by atoms with Crippen LogP contribution in [0.5, 0.6) is 0 Å². The number of ether oxygens (including phenoxy) is 1. The highest BCUT2D eigenvalue weighted by Gasteiger charge is 2.22. The number of hydrogen-bond acceptors (Lipinski definition) is 4. The summed E-state index contributed by atoms with van der Waals surface area (Å²) in [5.74, 6) is -1.42. The van der Waals surface area contributed by atoms with Crippen molar-refractivity contribution in [2.24, 2.45) is 0 Å². The molecule has 0 saturated heterocycles. The first-order chi connectivity index (χ1) is 12.5. The van der Waals surface area contributed by atoms with Crippen LogP contribution in [0.25, 0.3) is 0 Å². The van der Waals surface area contributed by atoms with Crippen molar-refractivity contribution < 1.29 is 19.1 Å². The molecule has 2 N–H and O–H groups in total. The van der Waals surface area contributed by atoms with Crippen LogP contribution < -0.4 is 10.6 Å². The lowest BCUT2D eigenvalue weighted by Crippen LogP contribution is -2.47. The van der Waals surface area contributed by atoms with Crippen LogP contribution in [0, 0.1) is 0 Å². The van der Waals surface area contributed by atoms with E-state index < -0.39 is 17.9 Å². The average Bonchev–Trinajstić information content (AvgIpc) is 2.67. The highest BCUT2D eigenvalue weighted by Crippen LogP contribution is 2.11. The maximum atomic E-state index is 12.1. The Labute approximate surface area is 156 Å². The van der Waals surface area contributed by atoms with Crippen molar-refractivity contribution in [1.29, 1.82) is 0 Å². The Bertz CT molecular complexity index is 763. The van der Waals surface area contributed by atoms with E-state index in [1.165, 1.54) is 7.11 Å². The molecule has 0 radical (unpaired) electrons. The Morgan fingerprint density at radius 2 is 1.69 bits per heavy atom. The molecule has 0 aliphatic rings. The zero-order valence-corrected chi connectivity index (χ0v) is 15.0. The van der Waals surface area contributed by atoms with E-state index >= 15 is 0 Å². The molecule has 2 amide bonds. The van der Waals surface area contributed by atoms with Gasteiger partial charge in [0, 0.05) is 17.0 Å². The number of nitrogens with one attached hydrogen (secondary N) is 2. The fourth-order valence-corrected chi connectivity index (χ4v) is 2.42. The summed E-state index contributed by atoms with van der Waals surface area (Å²) < 4.78 is 4.74. The van der Waals surface area contributed by atoms with Crippen LogP contribution in [0.1, 0.15) is 15.9 Å². The van der Waals surface area contributed by atoms with Gasteiger partial charge in [-0.15, -0.1) is 0 Å². The van der Waals surface area contributed by atoms with E-state index in [4.69, 9.17) is 16.3 Å². The van der Waals surface area contributed by atoms with Crippen LogP contribution in [-0.2, 0) is 20.7 Å². The van der Waals surface area contributed by atoms with Crippen LogP contribution in [0.15, 0.2) is 54.6 Å². The van der Waals surface area contributed by atoms with Crippen molar-refractivity contribution >= 4 is 29.4 Å². The number of esters is 1. The molecule has 2 rings (SSSR count). The minimum atomic E-state index is -0.859. The van der Waals surface area contributed by atoms with Crippen LogP contribution in [-0.4, -0.2) is 37.5 Å². The molecule has 1 atom stereocenters. The maximum absolute atomic E-state index is 12.1. The third kappa shape index (κ3) is 5.89. The van der Waals surface area contributed by atoms with Gasteiger partial charge in [-0.1, -0.05) is 41.9 Å². The van der Waals surface area contributed by atoms with Gasteiger partial charge in [0.05, 0.1) is 13.7 Å². The fourth-order valence-electron chi connectivity index (χ4n) is 2.29. The normalized spacial score (nSPS) is 11.3. The number of methoxy groups -OCH3 is 1. The van der Waals surface area contributed by atoms with Gasteiger partial charge in [-0.2, -0.15) is 0 Å². The number of carbonyl (C=O) groups excluding carboxylic acids is 3. The molecule has 0 bridgehead atoms. The van der Waals surface area contributed by atoms with Crippen molar-refractivity contribution in [3.63, 3.8) is 0 Å². The quantitative estimate of drug-likeness (QED) is 0.726. The summed E-state index contributed by atoms with van der Waals surface area (Å²) >= 11 is 5.84. The van der Waals surface area contributed by atoms with Crippen molar-refractivity contribution in [3.8, 4) is 0 Å². The molecule has 0 heterocycles. The van der Waals surface area contributed by atoms with E-state index in [9.17, 15) is 14.4 Å². The third-order valence-electron chi connectivity index (χ3n) is 3.62. The molecular weight excluding hydrogens is 356 g/mol. The maximum Gasteiger partial charge on any atom is 0.328 e. The Balaban J connectivity index is 1.92. The van der Waals surface area contributed by atoms with Gasteiger partial charge in [-0.25, -0.2) is 4.79 Å². The summed E-state index contributed by atoms with van der Waals surface area (Å²) in [4.78, 5) is 36.0. The summed E-state index contributed by atoms with van der Waals surface area (Å²) in [7, 11) is 1.25. The molecule has 2 aromatic rings. The highest BCUT2D eigenvalue weighted by atomic mass is 35.5. The van der Waals surface area contributed by atoms with Gasteiger partial charge < -0.3 is 15.4 Å². The van der Waals surface area contributed by atoms with Gasteiger partial charge in [0.15, 0.2) is 0 Å². The van der Waals surface area contributed by atoms with Crippen LogP contribution in [0.3, 0.4) is 0 Å². The largest absolute Gasteiger partial charge is 0.467 e. The van der Waals surface area contributed by atoms with Gasteiger partial charge in [0.25, 0.3) is 5.91 Å². The van der Waals surface area contributed by atoms with E-state index in [2.05, 4.69) is 10.6 Å². The van der Waals surface area contributed by atoms with Crippen molar-refractivity contribution in [2.75, 3.05) is 13.7 Å². The molecule has 0 aliphatic heterocycles. The summed E-state index contributed by atoms with van der Waals surface area (Å²) in [6.07, 6.45) is 0.252. The van der Waals surface area contributed by atoms with Crippen molar-refractivity contribution in [1.82, 2.24) is 10.6 Å². The number of halogens is 1. The van der Waals surface area contributed by atoms with E-state index in [0.717, 1.165) is 5.56 Å². The lowest BCUT2D eigenvalue weighted by molar-refractivity contribution is -0.144. The first-order valence-corrected chi connectivity index (χ1v) is 8.32. The van der Waals surface area contributed by atoms with Gasteiger partial charge >= 0.3 is 5.97 Å². The number of amides is 2. The topological polar surface area (TPSA) is 84.5 Å². The first kappa shape index (κ1) is 19.5. The second kappa shape index (κ2) is 9.58. The molecule has 2 aromatic carbocycles. The van der Waals surface area contributed by atoms with E-state index in [-0.39, 0.29) is 18.9 Å². The number of carbonyl (C=O) groups is 3. The van der Waals surface area contributed by atoms with Gasteiger partial charge in [0.1, 0.15) is 6.04 Å². The van der Waals surface area contributed by atoms with Gasteiger partial charge in [-0.3, -0.25) is 9.59 Å². The second-order valence-electron chi connectivity index (χ2n) is 5.52. The van der Waals surface area contributed by atoms with Crippen LogP contribution in [0.2, 0.25) is 5.02 Å². The molecule has 0 spiro atoms. The predicted octanol–water partition coefficient (Wildman–Crippen LogP) is 1.97. The lowest BCUT2D eigenvalue weighted by atomic mass is 10.1. The summed E-state index contributed by atoms with van der Waals surface area (Å²) in [6.45, 7) is -0.248. The molecule has 26 heavy (non-hydrogen) atoms. The summed E-state index contributed by atoms with van der Waals surface area (Å²) in [6, 6.07) is 14.6. The Morgan fingerprint density at radius 3 is 2.31 bits per heavy atom. The molecular formula is C19H19ClN2O4. The van der Waals surface area contributed by atoms with Crippen LogP contribution in [0.4, 0.5) is 0 Å². The molecule has 0 aliphatic carbocycles. The van der Waals surface area contributed by atoms with E-state index in [1.54, 1.807) is 54.6 Å². The first-order valence-electron chi connectivity index (χ1n) is 7.94. The Kier molecular flexibility index (Phi) is 7.17. The standard InChI is InChI=1S/C19H19ClN2O4/c1-26-19(25)16(11-13-7-9-15(20)10-8-13)22-17(23)12-21-18(24)14-5-3-2-4-6-14/h2-10,16H,11-12H2,1H3,(H,21,24)(H,22,23)/t16-/m1/s1. The van der Waals surface area contributed by atoms with Gasteiger partial charge in [0.2, 0.25) is 5.91 Å². The Morgan fingerprint density at radius 1 is 1.04 bits per heavy atom. The number of rotatable bonds is 7. The molecule has 0 unspecified atom stereocenters. The minimum Gasteiger partial charge on any atom is -0.467 e. The average molecular weight is 375 g/mol. The zero-order valence-electron chi connectivity index (χ0n) is 14.2. The van der Waals surface area contributed by atoms with Gasteiger partial charge in [-0.05, 0) is 29.8 Å². The molecule has 136 valence electrons. The zero-order chi connectivity index (χ0) is 18.9. The lowest BCUT2D eigenvalue weighted by Gasteiger charge is -2.17. The van der Waals surface area contributed by atoms with Crippen LogP contribution >= 0.6 is 11.6 Å². The number of benzene rings is 2. The molecule has 6 nitrogen and oxygen atoms in total. The molecule has 0 aromatic heterocycles. The SMILES string of the molecule is COC(=O)[C@@H](Cc1ccc(Cl)cc1)NC(=O)CNC(=O)c1ccccc1. The third-order valence-corrected chi connectivity index (χ3v) is 3.87. The minimum absolute atomic E-state index is 0.248. The molecule has 7 heteroatoms. The monoisotopic (exact) mass is 374 g/mol. The Hall–Kier alpha value is -2.86. The molecule has 0 fully saturated rings. The highest BCUT2D eigenvalue weighted by molar-refractivity contribution is 6.30. The smallest absolute Gasteiger partial charge is 0.328 e.